The Hall–Kier alpha value is -1.37. The van der Waals surface area contributed by atoms with Gasteiger partial charge in [0.2, 0.25) is 5.82 Å². The largest absolute Gasteiger partial charge is 0.365 e. The second-order valence-electron chi connectivity index (χ2n) is 5.52. The zero-order chi connectivity index (χ0) is 15.7. The number of hydrogen-bond acceptors (Lipinski definition) is 2. The van der Waals surface area contributed by atoms with E-state index in [2.05, 4.69) is 5.32 Å². The van der Waals surface area contributed by atoms with Crippen LogP contribution in [0.2, 0.25) is 0 Å². The molecule has 1 fully saturated rings. The van der Waals surface area contributed by atoms with E-state index in [-0.39, 0.29) is 25.0 Å². The van der Waals surface area contributed by atoms with E-state index in [1.165, 1.54) is 4.90 Å². The van der Waals surface area contributed by atoms with Gasteiger partial charge in [0, 0.05) is 19.1 Å². The van der Waals surface area contributed by atoms with Gasteiger partial charge in [0.15, 0.2) is 23.3 Å². The third-order valence-electron chi connectivity index (χ3n) is 3.74. The second-order valence-corrected chi connectivity index (χ2v) is 5.52. The minimum Gasteiger partial charge on any atom is -0.365 e. The summed E-state index contributed by atoms with van der Waals surface area (Å²) in [5.41, 5.74) is -0.833. The maximum absolute atomic E-state index is 13.9. The number of hydrogen-bond donors (Lipinski definition) is 1. The molecule has 0 bridgehead atoms. The zero-order valence-electron chi connectivity index (χ0n) is 11.8. The lowest BCUT2D eigenvalue weighted by Gasteiger charge is -2.29. The number of nitrogens with zero attached hydrogens (tertiary/aromatic N) is 1. The van der Waals surface area contributed by atoms with Gasteiger partial charge in [-0.2, -0.15) is 0 Å². The van der Waals surface area contributed by atoms with Crippen molar-refractivity contribution in [1.29, 1.82) is 0 Å². The van der Waals surface area contributed by atoms with Crippen molar-refractivity contribution in [3.63, 3.8) is 0 Å². The van der Waals surface area contributed by atoms with E-state index in [1.54, 1.807) is 0 Å². The molecule has 1 atom stereocenters. The molecule has 0 saturated carbocycles. The number of benzene rings is 1. The van der Waals surface area contributed by atoms with E-state index in [4.69, 9.17) is 0 Å². The Morgan fingerprint density at radius 2 is 1.48 bits per heavy atom. The van der Waals surface area contributed by atoms with Gasteiger partial charge in [-0.25, -0.2) is 22.0 Å². The lowest BCUT2D eigenvalue weighted by atomic mass is 10.0. The summed E-state index contributed by atoms with van der Waals surface area (Å²) in [6.45, 7) is 4.92. The van der Waals surface area contributed by atoms with Crippen LogP contribution in [0, 0.1) is 35.0 Å². The number of anilines is 1. The molecule has 0 aromatic heterocycles. The fourth-order valence-corrected chi connectivity index (χ4v) is 2.47. The summed E-state index contributed by atoms with van der Waals surface area (Å²) in [4.78, 5) is 1.24. The van der Waals surface area contributed by atoms with Gasteiger partial charge in [-0.15, -0.1) is 0 Å². The molecule has 1 heterocycles. The van der Waals surface area contributed by atoms with Crippen molar-refractivity contribution in [3.05, 3.63) is 29.1 Å². The fraction of sp³-hybridized carbons (Fsp3) is 0.571. The van der Waals surface area contributed by atoms with Crippen LogP contribution in [-0.2, 0) is 0 Å². The number of rotatable bonds is 2. The lowest BCUT2D eigenvalue weighted by molar-refractivity contribution is 0.375. The summed E-state index contributed by atoms with van der Waals surface area (Å²) in [6.07, 6.45) is 0.558. The quantitative estimate of drug-likeness (QED) is 0.513. The van der Waals surface area contributed by atoms with Crippen LogP contribution in [0.4, 0.5) is 27.6 Å². The van der Waals surface area contributed by atoms with Crippen molar-refractivity contribution in [2.75, 3.05) is 24.5 Å². The first kappa shape index (κ1) is 16.0. The van der Waals surface area contributed by atoms with E-state index in [1.807, 2.05) is 13.8 Å². The molecule has 0 amide bonds. The summed E-state index contributed by atoms with van der Waals surface area (Å²) in [5, 5.41) is 3.21. The van der Waals surface area contributed by atoms with E-state index in [0.29, 0.717) is 13.0 Å². The van der Waals surface area contributed by atoms with Gasteiger partial charge >= 0.3 is 0 Å². The summed E-state index contributed by atoms with van der Waals surface area (Å²) in [7, 11) is 0. The predicted octanol–water partition coefficient (Wildman–Crippen LogP) is 3.21. The van der Waals surface area contributed by atoms with Crippen molar-refractivity contribution >= 4 is 5.69 Å². The maximum atomic E-state index is 13.9. The Balaban J connectivity index is 2.45. The molecule has 0 spiro atoms. The van der Waals surface area contributed by atoms with E-state index < -0.39 is 34.8 Å². The van der Waals surface area contributed by atoms with Gasteiger partial charge in [-0.3, -0.25) is 0 Å². The average molecular weight is 308 g/mol. The first-order valence-corrected chi connectivity index (χ1v) is 6.84. The summed E-state index contributed by atoms with van der Waals surface area (Å²) in [5.74, 6) is -9.29. The molecule has 1 aromatic rings. The highest BCUT2D eigenvalue weighted by Gasteiger charge is 2.31. The standard InChI is InChI=1S/C14H17F5N2/c1-7(2)8-6-21(5-3-4-20-8)14-12(18)10(16)9(15)11(17)13(14)19/h7-8,20H,3-6H2,1-2H3. The molecule has 2 rings (SSSR count). The van der Waals surface area contributed by atoms with Gasteiger partial charge < -0.3 is 10.2 Å². The van der Waals surface area contributed by atoms with Crippen LogP contribution in [-0.4, -0.2) is 25.7 Å². The molecule has 1 aliphatic heterocycles. The molecule has 1 aliphatic rings. The van der Waals surface area contributed by atoms with Crippen LogP contribution in [0.1, 0.15) is 20.3 Å². The normalized spacial score (nSPS) is 20.0. The van der Waals surface area contributed by atoms with Crippen LogP contribution in [0.3, 0.4) is 0 Å². The van der Waals surface area contributed by atoms with Crippen molar-refractivity contribution in [3.8, 4) is 0 Å². The maximum Gasteiger partial charge on any atom is 0.200 e. The van der Waals surface area contributed by atoms with Gasteiger partial charge in [-0.1, -0.05) is 13.8 Å². The highest BCUT2D eigenvalue weighted by molar-refractivity contribution is 5.51. The minimum absolute atomic E-state index is 0.0810. The second kappa shape index (κ2) is 6.17. The van der Waals surface area contributed by atoms with Crippen molar-refractivity contribution in [1.82, 2.24) is 5.32 Å². The molecule has 1 unspecified atom stereocenters. The number of halogens is 5. The summed E-state index contributed by atoms with van der Waals surface area (Å²) in [6, 6.07) is -0.0810. The SMILES string of the molecule is CC(C)C1CN(c2c(F)c(F)c(F)c(F)c2F)CCCN1. The smallest absolute Gasteiger partial charge is 0.200 e. The average Bonchev–Trinajstić information content (AvgIpc) is 2.69. The Kier molecular flexibility index (Phi) is 4.70. The molecule has 1 aromatic carbocycles. The van der Waals surface area contributed by atoms with Crippen molar-refractivity contribution in [2.24, 2.45) is 5.92 Å². The molecule has 1 N–H and O–H groups in total. The molecular weight excluding hydrogens is 291 g/mol. The first-order chi connectivity index (χ1) is 9.84. The highest BCUT2D eigenvalue weighted by atomic mass is 19.2. The van der Waals surface area contributed by atoms with Crippen LogP contribution in [0.25, 0.3) is 0 Å². The summed E-state index contributed by atoms with van der Waals surface area (Å²) < 4.78 is 67.4. The summed E-state index contributed by atoms with van der Waals surface area (Å²) >= 11 is 0. The van der Waals surface area contributed by atoms with E-state index >= 15 is 0 Å². The number of nitrogens with one attached hydrogen (secondary N) is 1. The monoisotopic (exact) mass is 308 g/mol. The molecule has 0 aliphatic carbocycles. The highest BCUT2D eigenvalue weighted by Crippen LogP contribution is 2.31. The molecular formula is C14H17F5N2. The van der Waals surface area contributed by atoms with Crippen LogP contribution in [0.5, 0.6) is 0 Å². The van der Waals surface area contributed by atoms with Gasteiger partial charge in [-0.05, 0) is 18.9 Å². The first-order valence-electron chi connectivity index (χ1n) is 6.84. The Morgan fingerprint density at radius 1 is 0.952 bits per heavy atom. The van der Waals surface area contributed by atoms with Crippen LogP contribution >= 0.6 is 0 Å². The molecule has 7 heteroatoms. The van der Waals surface area contributed by atoms with Gasteiger partial charge in [0.1, 0.15) is 5.69 Å². The third-order valence-corrected chi connectivity index (χ3v) is 3.74. The van der Waals surface area contributed by atoms with Crippen LogP contribution in [0.15, 0.2) is 0 Å². The Morgan fingerprint density at radius 3 is 2.00 bits per heavy atom. The van der Waals surface area contributed by atoms with Crippen molar-refractivity contribution in [2.45, 2.75) is 26.3 Å². The van der Waals surface area contributed by atoms with Gasteiger partial charge in [0.25, 0.3) is 0 Å². The third kappa shape index (κ3) is 2.97. The molecule has 1 saturated heterocycles. The minimum atomic E-state index is -2.12. The fourth-order valence-electron chi connectivity index (χ4n) is 2.47. The van der Waals surface area contributed by atoms with Crippen molar-refractivity contribution < 1.29 is 22.0 Å². The molecule has 21 heavy (non-hydrogen) atoms. The predicted molar refractivity (Wildman–Crippen MR) is 69.7 cm³/mol. The molecule has 0 radical (unpaired) electrons. The van der Waals surface area contributed by atoms with Crippen LogP contribution < -0.4 is 10.2 Å². The van der Waals surface area contributed by atoms with E-state index in [0.717, 1.165) is 0 Å². The zero-order valence-corrected chi connectivity index (χ0v) is 11.8. The topological polar surface area (TPSA) is 15.3 Å². The lowest BCUT2D eigenvalue weighted by Crippen LogP contribution is -2.42. The molecule has 118 valence electrons. The Bertz CT molecular complexity index is 504. The Labute approximate surface area is 119 Å². The van der Waals surface area contributed by atoms with Gasteiger partial charge in [0.05, 0.1) is 0 Å². The molecule has 2 nitrogen and oxygen atoms in total. The van der Waals surface area contributed by atoms with E-state index in [9.17, 15) is 22.0 Å².